The van der Waals surface area contributed by atoms with E-state index >= 15 is 0 Å². The maximum atomic E-state index is 14.5. The number of carbonyl (C=O) groups is 1. The number of rotatable bonds is 4. The van der Waals surface area contributed by atoms with E-state index in [1.54, 1.807) is 18.2 Å². The van der Waals surface area contributed by atoms with Gasteiger partial charge in [0, 0.05) is 26.2 Å². The van der Waals surface area contributed by atoms with Crippen molar-refractivity contribution in [3.63, 3.8) is 0 Å². The van der Waals surface area contributed by atoms with Crippen molar-refractivity contribution in [2.75, 3.05) is 34.8 Å². The Hall–Kier alpha value is -3.21. The zero-order valence-electron chi connectivity index (χ0n) is 15.8. The fourth-order valence-electron chi connectivity index (χ4n) is 3.03. The Morgan fingerprint density at radius 2 is 1.79 bits per heavy atom. The summed E-state index contributed by atoms with van der Waals surface area (Å²) in [6, 6.07) is 7.22. The van der Waals surface area contributed by atoms with Crippen molar-refractivity contribution in [2.45, 2.75) is 13.0 Å². The van der Waals surface area contributed by atoms with E-state index in [0.717, 1.165) is 14.7 Å². The molecule has 0 aliphatic carbocycles. The molecule has 11 heteroatoms. The molecular formula is C18H18FN3O6S. The molecule has 1 unspecified atom stereocenters. The normalized spacial score (nSPS) is 17.1. The molecule has 1 N–H and O–H groups in total. The maximum Gasteiger partial charge on any atom is 0.326 e. The standard InChI is InChI=1S/C18H18FN3O6S/c1-10(28-11-4-5-16-17(6-11)27-9-26-16)18(23)20-13-8-15-14(7-12(13)19)21(2)29(24,25)22(15)3/h4-8,10H,9H2,1-3H3,(H,20,23). The number of halogens is 1. The van der Waals surface area contributed by atoms with Crippen molar-refractivity contribution in [2.24, 2.45) is 0 Å². The summed E-state index contributed by atoms with van der Waals surface area (Å²) in [5, 5.41) is 2.44. The van der Waals surface area contributed by atoms with Gasteiger partial charge in [-0.25, -0.2) is 4.39 Å². The monoisotopic (exact) mass is 423 g/mol. The fraction of sp³-hybridized carbons (Fsp3) is 0.278. The van der Waals surface area contributed by atoms with Gasteiger partial charge in [-0.3, -0.25) is 13.4 Å². The molecule has 2 aliphatic rings. The van der Waals surface area contributed by atoms with Gasteiger partial charge in [-0.1, -0.05) is 0 Å². The van der Waals surface area contributed by atoms with E-state index in [9.17, 15) is 17.6 Å². The van der Waals surface area contributed by atoms with Crippen LogP contribution in [-0.4, -0.2) is 41.3 Å². The largest absolute Gasteiger partial charge is 0.481 e. The molecule has 0 radical (unpaired) electrons. The van der Waals surface area contributed by atoms with Crippen LogP contribution in [0.1, 0.15) is 6.92 Å². The molecule has 2 aliphatic heterocycles. The van der Waals surface area contributed by atoms with E-state index in [1.807, 2.05) is 0 Å². The molecule has 2 aromatic rings. The summed E-state index contributed by atoms with van der Waals surface area (Å²) in [5.41, 5.74) is 0.299. The lowest BCUT2D eigenvalue weighted by Crippen LogP contribution is -2.32. The van der Waals surface area contributed by atoms with Gasteiger partial charge in [0.1, 0.15) is 11.6 Å². The summed E-state index contributed by atoms with van der Waals surface area (Å²) in [7, 11) is -1.06. The molecule has 0 bridgehead atoms. The van der Waals surface area contributed by atoms with Crippen molar-refractivity contribution in [1.82, 2.24) is 0 Å². The molecule has 0 spiro atoms. The minimum absolute atomic E-state index is 0.117. The SMILES string of the molecule is CC(Oc1ccc2c(c1)OCO2)C(=O)Nc1cc2c(cc1F)N(C)S(=O)(=O)N2C. The third kappa shape index (κ3) is 3.16. The van der Waals surface area contributed by atoms with E-state index in [4.69, 9.17) is 14.2 Å². The van der Waals surface area contributed by atoms with E-state index < -0.39 is 28.0 Å². The first-order chi connectivity index (χ1) is 13.7. The Bertz CT molecular complexity index is 1110. The maximum absolute atomic E-state index is 14.5. The molecule has 154 valence electrons. The van der Waals surface area contributed by atoms with Crippen molar-refractivity contribution >= 4 is 33.2 Å². The van der Waals surface area contributed by atoms with Crippen LogP contribution in [0, 0.1) is 5.82 Å². The average Bonchev–Trinajstić information content (AvgIpc) is 3.20. The van der Waals surface area contributed by atoms with Gasteiger partial charge in [0.05, 0.1) is 17.1 Å². The van der Waals surface area contributed by atoms with E-state index in [0.29, 0.717) is 17.2 Å². The van der Waals surface area contributed by atoms with Crippen LogP contribution in [0.25, 0.3) is 0 Å². The Balaban J connectivity index is 1.51. The molecule has 2 heterocycles. The van der Waals surface area contributed by atoms with Crippen molar-refractivity contribution < 1.29 is 31.8 Å². The lowest BCUT2D eigenvalue weighted by Gasteiger charge is -2.16. The Morgan fingerprint density at radius 3 is 2.52 bits per heavy atom. The highest BCUT2D eigenvalue weighted by Crippen LogP contribution is 2.41. The number of benzene rings is 2. The van der Waals surface area contributed by atoms with E-state index in [1.165, 1.54) is 27.1 Å². The molecule has 9 nitrogen and oxygen atoms in total. The van der Waals surface area contributed by atoms with Gasteiger partial charge >= 0.3 is 10.2 Å². The predicted molar refractivity (Wildman–Crippen MR) is 103 cm³/mol. The first-order valence-electron chi connectivity index (χ1n) is 8.62. The van der Waals surface area contributed by atoms with Gasteiger partial charge in [0.25, 0.3) is 5.91 Å². The number of hydrogen-bond donors (Lipinski definition) is 1. The van der Waals surface area contributed by atoms with Gasteiger partial charge in [0.15, 0.2) is 17.6 Å². The summed E-state index contributed by atoms with van der Waals surface area (Å²) < 4.78 is 56.9. The topological polar surface area (TPSA) is 97.4 Å². The fourth-order valence-corrected chi connectivity index (χ4v) is 4.18. The zero-order chi connectivity index (χ0) is 20.9. The Kier molecular flexibility index (Phi) is 4.41. The third-order valence-corrected chi connectivity index (χ3v) is 6.50. The highest BCUT2D eigenvalue weighted by molar-refractivity contribution is 7.94. The van der Waals surface area contributed by atoms with Crippen LogP contribution in [0.15, 0.2) is 30.3 Å². The van der Waals surface area contributed by atoms with E-state index in [-0.39, 0.29) is 23.9 Å². The minimum atomic E-state index is -3.75. The number of hydrogen-bond acceptors (Lipinski definition) is 6. The highest BCUT2D eigenvalue weighted by Gasteiger charge is 2.36. The molecular weight excluding hydrogens is 405 g/mol. The minimum Gasteiger partial charge on any atom is -0.481 e. The summed E-state index contributed by atoms with van der Waals surface area (Å²) in [4.78, 5) is 12.5. The number of fused-ring (bicyclic) bond motifs is 2. The number of anilines is 3. The van der Waals surface area contributed by atoms with Gasteiger partial charge in [-0.15, -0.1) is 0 Å². The second-order valence-corrected chi connectivity index (χ2v) is 8.52. The van der Waals surface area contributed by atoms with Crippen LogP contribution in [0.4, 0.5) is 21.5 Å². The predicted octanol–water partition coefficient (Wildman–Crippen LogP) is 2.09. The summed E-state index contributed by atoms with van der Waals surface area (Å²) >= 11 is 0. The summed E-state index contributed by atoms with van der Waals surface area (Å²) in [6.45, 7) is 1.63. The number of carbonyl (C=O) groups excluding carboxylic acids is 1. The second-order valence-electron chi connectivity index (χ2n) is 6.53. The first-order valence-corrected chi connectivity index (χ1v) is 10.0. The van der Waals surface area contributed by atoms with Crippen LogP contribution in [0.3, 0.4) is 0 Å². The van der Waals surface area contributed by atoms with Gasteiger partial charge in [-0.2, -0.15) is 8.42 Å². The van der Waals surface area contributed by atoms with Crippen LogP contribution in [-0.2, 0) is 15.0 Å². The number of nitrogens with zero attached hydrogens (tertiary/aromatic N) is 2. The Morgan fingerprint density at radius 1 is 1.14 bits per heavy atom. The van der Waals surface area contributed by atoms with E-state index in [2.05, 4.69) is 5.32 Å². The van der Waals surface area contributed by atoms with Crippen LogP contribution < -0.4 is 28.1 Å². The van der Waals surface area contributed by atoms with Crippen LogP contribution >= 0.6 is 0 Å². The molecule has 2 aromatic carbocycles. The number of nitrogens with one attached hydrogen (secondary N) is 1. The zero-order valence-corrected chi connectivity index (χ0v) is 16.6. The number of ether oxygens (including phenoxy) is 3. The highest BCUT2D eigenvalue weighted by atomic mass is 32.2. The summed E-state index contributed by atoms with van der Waals surface area (Å²) in [6.07, 6.45) is -0.952. The molecule has 29 heavy (non-hydrogen) atoms. The third-order valence-electron chi connectivity index (χ3n) is 4.72. The smallest absolute Gasteiger partial charge is 0.326 e. The quantitative estimate of drug-likeness (QED) is 0.809. The molecule has 4 rings (SSSR count). The van der Waals surface area contributed by atoms with Crippen molar-refractivity contribution in [1.29, 1.82) is 0 Å². The lowest BCUT2D eigenvalue weighted by atomic mass is 10.2. The molecule has 1 amide bonds. The first kappa shape index (κ1) is 19.1. The average molecular weight is 423 g/mol. The number of amides is 1. The van der Waals surface area contributed by atoms with Gasteiger partial charge in [0.2, 0.25) is 6.79 Å². The second kappa shape index (κ2) is 6.69. The molecule has 1 atom stereocenters. The van der Waals surface area contributed by atoms with Crippen LogP contribution in [0.2, 0.25) is 0 Å². The Labute approximate surface area is 166 Å². The van der Waals surface area contributed by atoms with Gasteiger partial charge < -0.3 is 19.5 Å². The van der Waals surface area contributed by atoms with Crippen molar-refractivity contribution in [3.8, 4) is 17.2 Å². The molecule has 0 fully saturated rings. The van der Waals surface area contributed by atoms with Crippen molar-refractivity contribution in [3.05, 3.63) is 36.1 Å². The summed E-state index contributed by atoms with van der Waals surface area (Å²) in [5.74, 6) is 0.119. The van der Waals surface area contributed by atoms with Gasteiger partial charge in [-0.05, 0) is 25.1 Å². The lowest BCUT2D eigenvalue weighted by molar-refractivity contribution is -0.122. The van der Waals surface area contributed by atoms with Crippen LogP contribution in [0.5, 0.6) is 17.2 Å². The molecule has 0 aromatic heterocycles. The molecule has 0 saturated carbocycles. The molecule has 0 saturated heterocycles.